The molecule has 0 bridgehead atoms. The molecule has 0 aromatic heterocycles. The molecule has 64 valence electrons. The maximum Gasteiger partial charge on any atom is 0.114 e. The zero-order valence-corrected chi connectivity index (χ0v) is 6.40. The van der Waals surface area contributed by atoms with Gasteiger partial charge in [-0.25, -0.2) is 5.43 Å². The molecule has 0 saturated carbocycles. The second-order valence-electron chi connectivity index (χ2n) is 2.53. The van der Waals surface area contributed by atoms with E-state index in [1.807, 2.05) is 30.3 Å². The van der Waals surface area contributed by atoms with Crippen molar-refractivity contribution < 1.29 is 10.5 Å². The van der Waals surface area contributed by atoms with Crippen molar-refractivity contribution in [2.24, 2.45) is 0 Å². The highest BCUT2D eigenvalue weighted by molar-refractivity contribution is 5.41. The molecule has 0 amide bonds. The number of hydrogen-bond donors (Lipinski definition) is 3. The molecule has 1 unspecified atom stereocenters. The Kier molecular flexibility index (Phi) is 1.92. The van der Waals surface area contributed by atoms with Gasteiger partial charge in [-0.1, -0.05) is 18.2 Å². The van der Waals surface area contributed by atoms with Crippen molar-refractivity contribution in [3.63, 3.8) is 0 Å². The van der Waals surface area contributed by atoms with Crippen LogP contribution in [0.5, 0.6) is 0 Å². The summed E-state index contributed by atoms with van der Waals surface area (Å²) in [7, 11) is 0. The monoisotopic (exact) mass is 166 g/mol. The van der Waals surface area contributed by atoms with Crippen molar-refractivity contribution in [1.82, 2.24) is 11.0 Å². The number of nitrogens with one attached hydrogen (secondary N) is 2. The molecule has 0 spiro atoms. The van der Waals surface area contributed by atoms with Crippen LogP contribution in [-0.2, 0) is 0 Å². The van der Waals surface area contributed by atoms with Gasteiger partial charge in [0.25, 0.3) is 0 Å². The van der Waals surface area contributed by atoms with E-state index in [1.54, 1.807) is 5.12 Å². The van der Waals surface area contributed by atoms with Crippen LogP contribution in [0, 0.1) is 0 Å². The lowest BCUT2D eigenvalue weighted by atomic mass is 10.3. The number of quaternary nitrogens is 1. The van der Waals surface area contributed by atoms with Crippen molar-refractivity contribution >= 4 is 5.69 Å². The summed E-state index contributed by atoms with van der Waals surface area (Å²) in [6, 6.07) is 9.61. The highest BCUT2D eigenvalue weighted by Gasteiger charge is 2.16. The number of nitrogens with zero attached hydrogens (tertiary/aromatic N) is 1. The van der Waals surface area contributed by atoms with Crippen molar-refractivity contribution in [2.75, 3.05) is 5.12 Å². The molecule has 5 heteroatoms. The Morgan fingerprint density at radius 2 is 2.08 bits per heavy atom. The summed E-state index contributed by atoms with van der Waals surface area (Å²) in [5.41, 5.74) is 7.76. The Hall–Kier alpha value is -1.14. The first-order valence-corrected chi connectivity index (χ1v) is 3.72. The zero-order valence-electron chi connectivity index (χ0n) is 6.40. The van der Waals surface area contributed by atoms with Crippen LogP contribution >= 0.6 is 0 Å². The molecule has 12 heavy (non-hydrogen) atoms. The summed E-state index contributed by atoms with van der Waals surface area (Å²) in [5.74, 6) is 0. The topological polar surface area (TPSA) is 67.0 Å². The first-order chi connectivity index (χ1) is 5.86. The van der Waals surface area contributed by atoms with Crippen LogP contribution < -0.4 is 26.6 Å². The van der Waals surface area contributed by atoms with E-state index in [-0.39, 0.29) is 0 Å². The number of nitrogens with two attached hydrogens (primary N) is 1. The summed E-state index contributed by atoms with van der Waals surface area (Å²) < 4.78 is 0. The Labute approximate surface area is 69.9 Å². The summed E-state index contributed by atoms with van der Waals surface area (Å²) >= 11 is 0. The smallest absolute Gasteiger partial charge is 0.114 e. The number of benzene rings is 1. The largest absolute Gasteiger partial charge is 0.791 e. The molecule has 0 radical (unpaired) electrons. The maximum atomic E-state index is 10.8. The highest BCUT2D eigenvalue weighted by atomic mass is 16.3. The molecule has 1 fully saturated rings. The zero-order chi connectivity index (χ0) is 8.39. The fourth-order valence-corrected chi connectivity index (χ4v) is 1.08. The highest BCUT2D eigenvalue weighted by Crippen LogP contribution is 2.06. The predicted octanol–water partition coefficient (Wildman–Crippen LogP) is -2.36. The summed E-state index contributed by atoms with van der Waals surface area (Å²) in [5, 5.41) is 12.5. The summed E-state index contributed by atoms with van der Waals surface area (Å²) in [6.45, 7) is 0. The van der Waals surface area contributed by atoms with E-state index in [0.717, 1.165) is 5.69 Å². The number of para-hydroxylation sites is 1. The van der Waals surface area contributed by atoms with Gasteiger partial charge in [0.15, 0.2) is 0 Å². The molecule has 4 N–H and O–H groups in total. The molecule has 5 nitrogen and oxygen atoms in total. The first kappa shape index (κ1) is 7.51. The molecular formula is C7H10N4O. The second-order valence-corrected chi connectivity index (χ2v) is 2.53. The van der Waals surface area contributed by atoms with Gasteiger partial charge in [-0.15, -0.1) is 10.7 Å². The van der Waals surface area contributed by atoms with Crippen LogP contribution in [0.1, 0.15) is 0 Å². The quantitative estimate of drug-likeness (QED) is 0.408. The van der Waals surface area contributed by atoms with E-state index in [4.69, 9.17) is 0 Å². The minimum atomic E-state index is -0.870. The lowest BCUT2D eigenvalue weighted by Gasteiger charge is -2.14. The van der Waals surface area contributed by atoms with Crippen molar-refractivity contribution in [3.8, 4) is 0 Å². The Balaban J connectivity index is 2.11. The lowest BCUT2D eigenvalue weighted by molar-refractivity contribution is -0.807. The number of anilines is 1. The number of rotatable bonds is 1. The Morgan fingerprint density at radius 1 is 1.33 bits per heavy atom. The average molecular weight is 166 g/mol. The van der Waals surface area contributed by atoms with Crippen LogP contribution in [0.4, 0.5) is 5.69 Å². The molecule has 1 aromatic carbocycles. The summed E-state index contributed by atoms with van der Waals surface area (Å²) in [6.07, 6.45) is -0.870. The Morgan fingerprint density at radius 3 is 2.67 bits per heavy atom. The molecule has 1 aromatic rings. The van der Waals surface area contributed by atoms with Crippen molar-refractivity contribution in [2.45, 2.75) is 6.35 Å². The SMILES string of the molecule is [O-]C1NNN(c2ccccc2)[NH2+]1. The molecule has 1 atom stereocenters. The third-order valence-electron chi connectivity index (χ3n) is 1.65. The first-order valence-electron chi connectivity index (χ1n) is 3.72. The van der Waals surface area contributed by atoms with Crippen LogP contribution in [0.2, 0.25) is 0 Å². The number of hydrogen-bond acceptors (Lipinski definition) is 4. The van der Waals surface area contributed by atoms with Gasteiger partial charge in [-0.2, -0.15) is 5.43 Å². The minimum Gasteiger partial charge on any atom is -0.791 e. The van der Waals surface area contributed by atoms with Crippen LogP contribution in [0.25, 0.3) is 0 Å². The van der Waals surface area contributed by atoms with Crippen molar-refractivity contribution in [1.29, 1.82) is 0 Å². The fourth-order valence-electron chi connectivity index (χ4n) is 1.08. The fraction of sp³-hybridized carbons (Fsp3) is 0.143. The standard InChI is InChI=1S/C7H9N4O/c12-7-8-10-11(9-7)6-4-2-1-3-5-6/h1-5,7-10H/q-1/p+1. The van der Waals surface area contributed by atoms with Gasteiger partial charge in [0, 0.05) is 0 Å². The number of hydrazine groups is 2. The van der Waals surface area contributed by atoms with Gasteiger partial charge in [0.05, 0.1) is 0 Å². The summed E-state index contributed by atoms with van der Waals surface area (Å²) in [4.78, 5) is 0. The predicted molar refractivity (Wildman–Crippen MR) is 40.9 cm³/mol. The molecular weight excluding hydrogens is 156 g/mol. The van der Waals surface area contributed by atoms with Crippen LogP contribution in [-0.4, -0.2) is 6.35 Å². The van der Waals surface area contributed by atoms with E-state index >= 15 is 0 Å². The van der Waals surface area contributed by atoms with Crippen LogP contribution in [0.15, 0.2) is 30.3 Å². The van der Waals surface area contributed by atoms with E-state index < -0.39 is 6.35 Å². The van der Waals surface area contributed by atoms with Gasteiger partial charge in [-0.05, 0) is 12.1 Å². The normalized spacial score (nSPS) is 23.1. The Bertz CT molecular complexity index is 253. The van der Waals surface area contributed by atoms with Gasteiger partial charge in [0.1, 0.15) is 12.0 Å². The minimum absolute atomic E-state index is 0.870. The molecule has 1 saturated heterocycles. The molecule has 0 aliphatic carbocycles. The molecule has 1 aliphatic rings. The second kappa shape index (κ2) is 3.08. The lowest BCUT2D eigenvalue weighted by Crippen LogP contribution is -2.99. The average Bonchev–Trinajstić information content (AvgIpc) is 2.54. The van der Waals surface area contributed by atoms with E-state index in [9.17, 15) is 5.11 Å². The van der Waals surface area contributed by atoms with Crippen molar-refractivity contribution in [3.05, 3.63) is 30.3 Å². The third kappa shape index (κ3) is 1.39. The van der Waals surface area contributed by atoms with E-state index in [1.165, 1.54) is 5.43 Å². The van der Waals surface area contributed by atoms with Crippen LogP contribution in [0.3, 0.4) is 0 Å². The van der Waals surface area contributed by atoms with Gasteiger partial charge in [-0.3, -0.25) is 0 Å². The van der Waals surface area contributed by atoms with E-state index in [0.29, 0.717) is 0 Å². The molecule has 2 rings (SSSR count). The van der Waals surface area contributed by atoms with E-state index in [2.05, 4.69) is 11.0 Å². The molecule has 1 aliphatic heterocycles. The van der Waals surface area contributed by atoms with Gasteiger partial charge >= 0.3 is 0 Å². The molecule has 1 heterocycles. The third-order valence-corrected chi connectivity index (χ3v) is 1.65. The van der Waals surface area contributed by atoms with Gasteiger partial charge in [0.2, 0.25) is 0 Å². The van der Waals surface area contributed by atoms with Gasteiger partial charge < -0.3 is 5.11 Å². The maximum absolute atomic E-state index is 10.8.